The van der Waals surface area contributed by atoms with E-state index in [0.29, 0.717) is 12.6 Å². The van der Waals surface area contributed by atoms with Crippen LogP contribution in [0.2, 0.25) is 5.02 Å². The van der Waals surface area contributed by atoms with Crippen molar-refractivity contribution in [3.8, 4) is 0 Å². The molecular formula is C21H20ClFN4O3. The molecule has 4 rings (SSSR count). The largest absolute Gasteiger partial charge is 0.423 e. The highest BCUT2D eigenvalue weighted by molar-refractivity contribution is 6.39. The molecule has 0 saturated carbocycles. The monoisotopic (exact) mass is 430 g/mol. The molecule has 1 aliphatic rings. The molecule has 30 heavy (non-hydrogen) atoms. The number of hydrogen-bond donors (Lipinski definition) is 2. The Morgan fingerprint density at radius 2 is 1.93 bits per heavy atom. The number of oxazole rings is 1. The molecule has 1 fully saturated rings. The summed E-state index contributed by atoms with van der Waals surface area (Å²) in [6.45, 7) is 1.92. The molecular weight excluding hydrogens is 411 g/mol. The van der Waals surface area contributed by atoms with Gasteiger partial charge in [-0.15, -0.1) is 0 Å². The molecule has 156 valence electrons. The van der Waals surface area contributed by atoms with Crippen LogP contribution in [0.25, 0.3) is 11.1 Å². The van der Waals surface area contributed by atoms with Crippen molar-refractivity contribution in [1.82, 2.24) is 10.3 Å². The number of fused-ring (bicyclic) bond motifs is 1. The SMILES string of the molecule is O=C(NCC1CCN(c2nc3ccccc3o2)CC1)C(=O)Nc1ccc(F)c(Cl)c1. The minimum Gasteiger partial charge on any atom is -0.423 e. The van der Waals surface area contributed by atoms with Crippen molar-refractivity contribution in [3.05, 3.63) is 53.3 Å². The Morgan fingerprint density at radius 1 is 1.17 bits per heavy atom. The summed E-state index contributed by atoms with van der Waals surface area (Å²) in [4.78, 5) is 30.7. The van der Waals surface area contributed by atoms with E-state index in [1.807, 2.05) is 24.3 Å². The third-order valence-electron chi connectivity index (χ3n) is 5.10. The molecule has 0 radical (unpaired) electrons. The highest BCUT2D eigenvalue weighted by Gasteiger charge is 2.24. The molecule has 0 bridgehead atoms. The number of aromatic nitrogens is 1. The number of carbonyl (C=O) groups is 2. The van der Waals surface area contributed by atoms with Gasteiger partial charge in [0.1, 0.15) is 11.3 Å². The Labute approximate surface area is 177 Å². The summed E-state index contributed by atoms with van der Waals surface area (Å²) in [5, 5.41) is 4.94. The second-order valence-corrected chi connectivity index (χ2v) is 7.59. The molecule has 0 spiro atoms. The maximum absolute atomic E-state index is 13.2. The second-order valence-electron chi connectivity index (χ2n) is 7.19. The molecule has 1 saturated heterocycles. The average Bonchev–Trinajstić information content (AvgIpc) is 3.19. The molecule has 0 aliphatic carbocycles. The van der Waals surface area contributed by atoms with Crippen molar-refractivity contribution >= 4 is 46.2 Å². The van der Waals surface area contributed by atoms with Crippen LogP contribution in [0.1, 0.15) is 12.8 Å². The lowest BCUT2D eigenvalue weighted by Crippen LogP contribution is -2.41. The molecule has 1 aliphatic heterocycles. The van der Waals surface area contributed by atoms with Crippen LogP contribution in [0.5, 0.6) is 0 Å². The van der Waals surface area contributed by atoms with Crippen LogP contribution in [0.15, 0.2) is 46.9 Å². The molecule has 2 aromatic carbocycles. The van der Waals surface area contributed by atoms with E-state index >= 15 is 0 Å². The van der Waals surface area contributed by atoms with E-state index in [4.69, 9.17) is 16.0 Å². The van der Waals surface area contributed by atoms with Crippen LogP contribution in [0, 0.1) is 11.7 Å². The Morgan fingerprint density at radius 3 is 2.67 bits per heavy atom. The number of amides is 2. The fourth-order valence-corrected chi connectivity index (χ4v) is 3.58. The summed E-state index contributed by atoms with van der Waals surface area (Å²) in [6.07, 6.45) is 1.68. The highest BCUT2D eigenvalue weighted by atomic mass is 35.5. The van der Waals surface area contributed by atoms with Crippen molar-refractivity contribution in [3.63, 3.8) is 0 Å². The van der Waals surface area contributed by atoms with Crippen molar-refractivity contribution in [2.45, 2.75) is 12.8 Å². The van der Waals surface area contributed by atoms with Crippen LogP contribution >= 0.6 is 11.6 Å². The zero-order valence-corrected chi connectivity index (χ0v) is 16.8. The molecule has 2 N–H and O–H groups in total. The molecule has 2 heterocycles. The zero-order valence-electron chi connectivity index (χ0n) is 16.0. The fourth-order valence-electron chi connectivity index (χ4n) is 3.40. The first-order valence-corrected chi connectivity index (χ1v) is 10.0. The minimum atomic E-state index is -0.818. The van der Waals surface area contributed by atoms with Gasteiger partial charge in [0.15, 0.2) is 5.58 Å². The molecule has 2 amide bonds. The van der Waals surface area contributed by atoms with Gasteiger partial charge < -0.3 is 20.0 Å². The lowest BCUT2D eigenvalue weighted by molar-refractivity contribution is -0.136. The molecule has 3 aromatic rings. The highest BCUT2D eigenvalue weighted by Crippen LogP contribution is 2.26. The Bertz CT molecular complexity index is 1050. The lowest BCUT2D eigenvalue weighted by Gasteiger charge is -2.30. The van der Waals surface area contributed by atoms with Gasteiger partial charge in [0.05, 0.1) is 5.02 Å². The Kier molecular flexibility index (Phi) is 5.85. The van der Waals surface area contributed by atoms with E-state index in [9.17, 15) is 14.0 Å². The van der Waals surface area contributed by atoms with Gasteiger partial charge in [-0.3, -0.25) is 9.59 Å². The summed E-state index contributed by atoms with van der Waals surface area (Å²) in [7, 11) is 0. The average molecular weight is 431 g/mol. The molecule has 0 unspecified atom stereocenters. The first-order chi connectivity index (χ1) is 14.5. The van der Waals surface area contributed by atoms with Gasteiger partial charge in [-0.25, -0.2) is 4.39 Å². The number of anilines is 2. The maximum Gasteiger partial charge on any atom is 0.313 e. The van der Waals surface area contributed by atoms with Crippen molar-refractivity contribution in [2.75, 3.05) is 29.9 Å². The van der Waals surface area contributed by atoms with Crippen LogP contribution in [-0.2, 0) is 9.59 Å². The maximum atomic E-state index is 13.2. The number of hydrogen-bond acceptors (Lipinski definition) is 5. The molecule has 9 heteroatoms. The van der Waals surface area contributed by atoms with E-state index in [-0.39, 0.29) is 16.6 Å². The number of para-hydroxylation sites is 2. The van der Waals surface area contributed by atoms with Crippen LogP contribution in [0.4, 0.5) is 16.1 Å². The molecule has 1 aromatic heterocycles. The van der Waals surface area contributed by atoms with Gasteiger partial charge in [-0.05, 0) is 49.1 Å². The lowest BCUT2D eigenvalue weighted by atomic mass is 9.97. The Hall–Kier alpha value is -3.13. The van der Waals surface area contributed by atoms with Gasteiger partial charge in [-0.2, -0.15) is 4.98 Å². The predicted molar refractivity (Wildman–Crippen MR) is 112 cm³/mol. The quantitative estimate of drug-likeness (QED) is 0.617. The zero-order chi connectivity index (χ0) is 21.1. The summed E-state index contributed by atoms with van der Waals surface area (Å²) in [5.74, 6) is -1.90. The number of rotatable bonds is 4. The van der Waals surface area contributed by atoms with E-state index in [2.05, 4.69) is 20.5 Å². The van der Waals surface area contributed by atoms with Crippen LogP contribution < -0.4 is 15.5 Å². The van der Waals surface area contributed by atoms with Crippen molar-refractivity contribution < 1.29 is 18.4 Å². The number of piperidine rings is 1. The normalized spacial score (nSPS) is 14.7. The summed E-state index contributed by atoms with van der Waals surface area (Å²) >= 11 is 5.68. The number of nitrogens with one attached hydrogen (secondary N) is 2. The van der Waals surface area contributed by atoms with Gasteiger partial charge in [0, 0.05) is 25.3 Å². The fraction of sp³-hybridized carbons (Fsp3) is 0.286. The molecule has 7 nitrogen and oxygen atoms in total. The summed E-state index contributed by atoms with van der Waals surface area (Å²) in [5.41, 5.74) is 1.85. The van der Waals surface area contributed by atoms with Gasteiger partial charge in [0.25, 0.3) is 6.01 Å². The van der Waals surface area contributed by atoms with Gasteiger partial charge in [-0.1, -0.05) is 23.7 Å². The smallest absolute Gasteiger partial charge is 0.313 e. The minimum absolute atomic E-state index is 0.126. The third-order valence-corrected chi connectivity index (χ3v) is 5.39. The number of nitrogens with zero attached hydrogens (tertiary/aromatic N) is 2. The second kappa shape index (κ2) is 8.71. The van der Waals surface area contributed by atoms with Crippen LogP contribution in [-0.4, -0.2) is 36.4 Å². The van der Waals surface area contributed by atoms with Gasteiger partial charge >= 0.3 is 11.8 Å². The van der Waals surface area contributed by atoms with Crippen molar-refractivity contribution in [2.24, 2.45) is 5.92 Å². The van der Waals surface area contributed by atoms with E-state index in [1.165, 1.54) is 12.1 Å². The standard InChI is InChI=1S/C21H20ClFN4O3/c22-15-11-14(5-6-16(15)23)25-20(29)19(28)24-12-13-7-9-27(10-8-13)21-26-17-3-1-2-4-18(17)30-21/h1-6,11,13H,7-10,12H2,(H,24,28)(H,25,29). The van der Waals surface area contributed by atoms with E-state index in [1.54, 1.807) is 0 Å². The number of carbonyl (C=O) groups excluding carboxylic acids is 2. The topological polar surface area (TPSA) is 87.5 Å². The summed E-state index contributed by atoms with van der Waals surface area (Å²) < 4.78 is 19.0. The van der Waals surface area contributed by atoms with Crippen molar-refractivity contribution in [1.29, 1.82) is 0 Å². The molecule has 0 atom stereocenters. The predicted octanol–water partition coefficient (Wildman–Crippen LogP) is 3.59. The number of halogens is 2. The van der Waals surface area contributed by atoms with Gasteiger partial charge in [0.2, 0.25) is 0 Å². The first-order valence-electron chi connectivity index (χ1n) is 9.64. The third kappa shape index (κ3) is 4.54. The summed E-state index contributed by atoms with van der Waals surface area (Å²) in [6, 6.07) is 12.0. The Balaban J connectivity index is 1.24. The number of benzene rings is 2. The van der Waals surface area contributed by atoms with Crippen LogP contribution in [0.3, 0.4) is 0 Å². The van der Waals surface area contributed by atoms with E-state index in [0.717, 1.165) is 43.1 Å². The first kappa shape index (κ1) is 20.2. The van der Waals surface area contributed by atoms with E-state index < -0.39 is 17.6 Å².